The van der Waals surface area contributed by atoms with Crippen molar-refractivity contribution in [3.63, 3.8) is 0 Å². The van der Waals surface area contributed by atoms with E-state index in [1.54, 1.807) is 6.92 Å². The number of hydrogen-bond donors (Lipinski definition) is 3. The van der Waals surface area contributed by atoms with Gasteiger partial charge in [0.1, 0.15) is 5.54 Å². The Hall–Kier alpha value is -1.10. The second-order valence-electron chi connectivity index (χ2n) is 4.10. The van der Waals surface area contributed by atoms with Crippen LogP contribution in [0.5, 0.6) is 0 Å². The molecule has 1 atom stereocenters. The van der Waals surface area contributed by atoms with Crippen molar-refractivity contribution >= 4 is 11.9 Å². The molecule has 1 amide bonds. The monoisotopic (exact) mass is 200 g/mol. The highest BCUT2D eigenvalue weighted by atomic mass is 16.4. The molecule has 5 nitrogen and oxygen atoms in total. The van der Waals surface area contributed by atoms with Crippen LogP contribution in [0.15, 0.2) is 0 Å². The summed E-state index contributed by atoms with van der Waals surface area (Å²) in [6.45, 7) is 3.20. The first kappa shape index (κ1) is 11.0. The average Bonchev–Trinajstić information content (AvgIpc) is 2.84. The number of carbonyl (C=O) groups is 2. The van der Waals surface area contributed by atoms with E-state index in [2.05, 4.69) is 5.32 Å². The lowest BCUT2D eigenvalue weighted by Gasteiger charge is -2.26. The lowest BCUT2D eigenvalue weighted by Crippen LogP contribution is -2.57. The third-order valence-corrected chi connectivity index (χ3v) is 2.81. The molecule has 0 aromatic rings. The highest BCUT2D eigenvalue weighted by Gasteiger charge is 2.48. The molecule has 4 N–H and O–H groups in total. The van der Waals surface area contributed by atoms with Crippen LogP contribution in [0.2, 0.25) is 0 Å². The van der Waals surface area contributed by atoms with Crippen LogP contribution in [0, 0.1) is 0 Å². The van der Waals surface area contributed by atoms with E-state index >= 15 is 0 Å². The van der Waals surface area contributed by atoms with Gasteiger partial charge in [0, 0.05) is 0 Å². The summed E-state index contributed by atoms with van der Waals surface area (Å²) in [5, 5.41) is 11.4. The fourth-order valence-corrected chi connectivity index (χ4v) is 1.03. The maximum atomic E-state index is 11.5. The van der Waals surface area contributed by atoms with Gasteiger partial charge in [-0.2, -0.15) is 0 Å². The van der Waals surface area contributed by atoms with E-state index in [0.29, 0.717) is 19.3 Å². The molecule has 1 saturated carbocycles. The van der Waals surface area contributed by atoms with Crippen LogP contribution in [-0.2, 0) is 9.59 Å². The Morgan fingerprint density at radius 1 is 1.57 bits per heavy atom. The zero-order valence-corrected chi connectivity index (χ0v) is 8.46. The Morgan fingerprint density at radius 3 is 2.36 bits per heavy atom. The molecule has 1 aliphatic rings. The number of nitrogens with one attached hydrogen (secondary N) is 1. The van der Waals surface area contributed by atoms with Crippen LogP contribution in [0.25, 0.3) is 0 Å². The largest absolute Gasteiger partial charge is 0.480 e. The van der Waals surface area contributed by atoms with Crippen molar-refractivity contribution in [2.24, 2.45) is 5.73 Å². The Kier molecular flexibility index (Phi) is 2.54. The number of carbonyl (C=O) groups excluding carboxylic acids is 1. The summed E-state index contributed by atoms with van der Waals surface area (Å²) in [4.78, 5) is 22.4. The van der Waals surface area contributed by atoms with Crippen molar-refractivity contribution < 1.29 is 14.7 Å². The predicted octanol–water partition coefficient (Wildman–Crippen LogP) is -0.153. The molecule has 0 aromatic carbocycles. The first-order valence-corrected chi connectivity index (χ1v) is 4.69. The van der Waals surface area contributed by atoms with Crippen LogP contribution < -0.4 is 11.1 Å². The van der Waals surface area contributed by atoms with Gasteiger partial charge >= 0.3 is 5.97 Å². The summed E-state index contributed by atoms with van der Waals surface area (Å²) in [6.07, 6.45) is 1.61. The molecule has 0 bridgehead atoms. The first-order valence-electron chi connectivity index (χ1n) is 4.69. The molecule has 1 fully saturated rings. The lowest BCUT2D eigenvalue weighted by atomic mass is 9.98. The van der Waals surface area contributed by atoms with Crippen molar-refractivity contribution in [1.82, 2.24) is 5.32 Å². The van der Waals surface area contributed by atoms with Gasteiger partial charge in [-0.3, -0.25) is 4.79 Å². The molecule has 0 spiro atoms. The van der Waals surface area contributed by atoms with E-state index in [-0.39, 0.29) is 5.91 Å². The van der Waals surface area contributed by atoms with E-state index in [4.69, 9.17) is 10.8 Å². The molecule has 5 heteroatoms. The van der Waals surface area contributed by atoms with Crippen LogP contribution >= 0.6 is 0 Å². The highest BCUT2D eigenvalue weighted by Crippen LogP contribution is 2.32. The van der Waals surface area contributed by atoms with Gasteiger partial charge in [-0.25, -0.2) is 4.79 Å². The van der Waals surface area contributed by atoms with Gasteiger partial charge in [-0.05, 0) is 26.2 Å². The maximum Gasteiger partial charge on any atom is 0.329 e. The number of aliphatic carboxylic acids is 1. The summed E-state index contributed by atoms with van der Waals surface area (Å²) in [7, 11) is 0. The molecule has 1 unspecified atom stereocenters. The fourth-order valence-electron chi connectivity index (χ4n) is 1.03. The second-order valence-corrected chi connectivity index (χ2v) is 4.10. The Morgan fingerprint density at radius 2 is 2.07 bits per heavy atom. The van der Waals surface area contributed by atoms with E-state index in [1.807, 2.05) is 0 Å². The Bertz CT molecular complexity index is 273. The topological polar surface area (TPSA) is 92.4 Å². The SMILES string of the molecule is CCC(C)(NC(=O)C1(N)CC1)C(=O)O. The molecule has 14 heavy (non-hydrogen) atoms. The zero-order chi connectivity index (χ0) is 11.0. The van der Waals surface area contributed by atoms with Crippen LogP contribution in [0.1, 0.15) is 33.1 Å². The molecule has 0 heterocycles. The van der Waals surface area contributed by atoms with Crippen molar-refractivity contribution in [3.8, 4) is 0 Å². The number of nitrogens with two attached hydrogens (primary N) is 1. The number of amides is 1. The van der Waals surface area contributed by atoms with E-state index in [0.717, 1.165) is 0 Å². The lowest BCUT2D eigenvalue weighted by molar-refractivity contribution is -0.147. The minimum atomic E-state index is -1.20. The maximum absolute atomic E-state index is 11.5. The summed E-state index contributed by atoms with van der Waals surface area (Å²) < 4.78 is 0. The van der Waals surface area contributed by atoms with Crippen molar-refractivity contribution in [2.75, 3.05) is 0 Å². The number of hydrogen-bond acceptors (Lipinski definition) is 3. The molecule has 0 radical (unpaired) electrons. The minimum Gasteiger partial charge on any atom is -0.480 e. The zero-order valence-electron chi connectivity index (χ0n) is 8.46. The van der Waals surface area contributed by atoms with Gasteiger partial charge in [-0.1, -0.05) is 6.92 Å². The van der Waals surface area contributed by atoms with Gasteiger partial charge in [-0.15, -0.1) is 0 Å². The number of rotatable bonds is 4. The molecule has 0 aromatic heterocycles. The second kappa shape index (κ2) is 3.24. The van der Waals surface area contributed by atoms with Gasteiger partial charge in [0.15, 0.2) is 0 Å². The number of carboxylic acid groups (broad SMARTS) is 1. The van der Waals surface area contributed by atoms with Gasteiger partial charge in [0.25, 0.3) is 0 Å². The molecular formula is C9H16N2O3. The van der Waals surface area contributed by atoms with E-state index in [1.165, 1.54) is 6.92 Å². The van der Waals surface area contributed by atoms with Crippen LogP contribution in [-0.4, -0.2) is 28.1 Å². The Balaban J connectivity index is 2.65. The molecule has 80 valence electrons. The van der Waals surface area contributed by atoms with Gasteiger partial charge in [0.05, 0.1) is 5.54 Å². The van der Waals surface area contributed by atoms with E-state index < -0.39 is 17.0 Å². The summed E-state index contributed by atoms with van der Waals surface area (Å²) in [6, 6.07) is 0. The normalized spacial score (nSPS) is 22.2. The molecular weight excluding hydrogens is 184 g/mol. The summed E-state index contributed by atoms with van der Waals surface area (Å²) in [5.74, 6) is -1.39. The predicted molar refractivity (Wildman–Crippen MR) is 50.6 cm³/mol. The standard InChI is InChI=1S/C9H16N2O3/c1-3-8(2,7(13)14)11-6(12)9(10)4-5-9/h3-5,10H2,1-2H3,(H,11,12)(H,13,14). The Labute approximate surface area is 82.7 Å². The quantitative estimate of drug-likeness (QED) is 0.588. The molecule has 0 saturated heterocycles. The van der Waals surface area contributed by atoms with Gasteiger partial charge in [0.2, 0.25) is 5.91 Å². The van der Waals surface area contributed by atoms with Gasteiger partial charge < -0.3 is 16.2 Å². The smallest absolute Gasteiger partial charge is 0.329 e. The summed E-state index contributed by atoms with van der Waals surface area (Å²) in [5.41, 5.74) is 3.63. The molecule has 0 aliphatic heterocycles. The van der Waals surface area contributed by atoms with Crippen LogP contribution in [0.4, 0.5) is 0 Å². The van der Waals surface area contributed by atoms with Crippen molar-refractivity contribution in [1.29, 1.82) is 0 Å². The number of carboxylic acids is 1. The van der Waals surface area contributed by atoms with E-state index in [9.17, 15) is 9.59 Å². The average molecular weight is 200 g/mol. The fraction of sp³-hybridized carbons (Fsp3) is 0.778. The highest BCUT2D eigenvalue weighted by molar-refractivity contribution is 5.93. The van der Waals surface area contributed by atoms with Crippen molar-refractivity contribution in [2.45, 2.75) is 44.2 Å². The third-order valence-electron chi connectivity index (χ3n) is 2.81. The molecule has 1 rings (SSSR count). The first-order chi connectivity index (χ1) is 6.34. The summed E-state index contributed by atoms with van der Waals surface area (Å²) >= 11 is 0. The molecule has 1 aliphatic carbocycles. The third kappa shape index (κ3) is 1.87. The van der Waals surface area contributed by atoms with Crippen LogP contribution in [0.3, 0.4) is 0 Å². The minimum absolute atomic E-state index is 0.337. The van der Waals surface area contributed by atoms with Crippen molar-refractivity contribution in [3.05, 3.63) is 0 Å².